The SMILES string of the molecule is Cc1cc(=O)oc2cc(OCc3ccc(C(=O)OCc4ccccc4Cl)cc3)ccc12. The van der Waals surface area contributed by atoms with Gasteiger partial charge >= 0.3 is 11.6 Å². The summed E-state index contributed by atoms with van der Waals surface area (Å²) in [4.78, 5) is 23.8. The molecule has 3 aromatic carbocycles. The highest BCUT2D eigenvalue weighted by Crippen LogP contribution is 2.23. The molecule has 1 aromatic heterocycles. The summed E-state index contributed by atoms with van der Waals surface area (Å²) in [7, 11) is 0. The summed E-state index contributed by atoms with van der Waals surface area (Å²) in [6, 6.07) is 21.1. The van der Waals surface area contributed by atoms with E-state index in [-0.39, 0.29) is 12.2 Å². The molecular weight excluding hydrogens is 416 g/mol. The molecule has 1 heterocycles. The van der Waals surface area contributed by atoms with Crippen LogP contribution in [0.3, 0.4) is 0 Å². The van der Waals surface area contributed by atoms with E-state index in [4.69, 9.17) is 25.5 Å². The molecular formula is C25H19ClO5. The number of carbonyl (C=O) groups is 1. The standard InChI is InChI=1S/C25H19ClO5/c1-16-12-24(27)31-23-13-20(10-11-21(16)23)29-14-17-6-8-18(9-7-17)25(28)30-15-19-4-2-3-5-22(19)26/h2-13H,14-15H2,1H3. The first kappa shape index (κ1) is 20.7. The number of halogens is 1. The Kier molecular flexibility index (Phi) is 6.05. The van der Waals surface area contributed by atoms with Gasteiger partial charge in [0.1, 0.15) is 24.5 Å². The molecule has 4 rings (SSSR count). The molecule has 0 bridgehead atoms. The van der Waals surface area contributed by atoms with Crippen molar-refractivity contribution in [1.29, 1.82) is 0 Å². The fourth-order valence-electron chi connectivity index (χ4n) is 3.14. The van der Waals surface area contributed by atoms with E-state index in [1.165, 1.54) is 6.07 Å². The molecule has 156 valence electrons. The van der Waals surface area contributed by atoms with E-state index in [0.29, 0.717) is 28.5 Å². The van der Waals surface area contributed by atoms with Gasteiger partial charge in [0.2, 0.25) is 0 Å². The van der Waals surface area contributed by atoms with Crippen LogP contribution in [-0.4, -0.2) is 5.97 Å². The van der Waals surface area contributed by atoms with Crippen molar-refractivity contribution >= 4 is 28.5 Å². The number of aryl methyl sites for hydroxylation is 1. The smallest absolute Gasteiger partial charge is 0.338 e. The van der Waals surface area contributed by atoms with Crippen molar-refractivity contribution < 1.29 is 18.7 Å². The highest BCUT2D eigenvalue weighted by Gasteiger charge is 2.09. The van der Waals surface area contributed by atoms with E-state index < -0.39 is 5.97 Å². The van der Waals surface area contributed by atoms with Gasteiger partial charge < -0.3 is 13.9 Å². The molecule has 31 heavy (non-hydrogen) atoms. The third-order valence-corrected chi connectivity index (χ3v) is 5.20. The molecule has 0 radical (unpaired) electrons. The van der Waals surface area contributed by atoms with Crippen LogP contribution in [0, 0.1) is 6.92 Å². The maximum Gasteiger partial charge on any atom is 0.338 e. The molecule has 0 aliphatic heterocycles. The Morgan fingerprint density at radius 2 is 1.74 bits per heavy atom. The van der Waals surface area contributed by atoms with Crippen molar-refractivity contribution in [2.75, 3.05) is 0 Å². The lowest BCUT2D eigenvalue weighted by atomic mass is 10.1. The predicted octanol–water partition coefficient (Wildman–Crippen LogP) is 5.69. The first-order valence-corrected chi connectivity index (χ1v) is 10.0. The zero-order valence-electron chi connectivity index (χ0n) is 16.8. The number of hydrogen-bond acceptors (Lipinski definition) is 5. The lowest BCUT2D eigenvalue weighted by molar-refractivity contribution is 0.0473. The monoisotopic (exact) mass is 434 g/mol. The maximum atomic E-state index is 12.3. The zero-order chi connectivity index (χ0) is 21.8. The fraction of sp³-hybridized carbons (Fsp3) is 0.120. The maximum absolute atomic E-state index is 12.3. The first-order chi connectivity index (χ1) is 15.0. The second kappa shape index (κ2) is 9.06. The second-order valence-electron chi connectivity index (χ2n) is 7.06. The Balaban J connectivity index is 1.37. The minimum atomic E-state index is -0.424. The van der Waals surface area contributed by atoms with Crippen LogP contribution in [0.2, 0.25) is 5.02 Å². The van der Waals surface area contributed by atoms with Crippen molar-refractivity contribution in [3.05, 3.63) is 110 Å². The summed E-state index contributed by atoms with van der Waals surface area (Å²) in [5.41, 5.74) is 3.03. The van der Waals surface area contributed by atoms with Crippen molar-refractivity contribution in [2.45, 2.75) is 20.1 Å². The summed E-state index contributed by atoms with van der Waals surface area (Å²) in [5, 5.41) is 1.43. The zero-order valence-corrected chi connectivity index (χ0v) is 17.5. The van der Waals surface area contributed by atoms with Gasteiger partial charge in [0.05, 0.1) is 5.56 Å². The minimum Gasteiger partial charge on any atom is -0.489 e. The molecule has 5 nitrogen and oxygen atoms in total. The molecule has 0 unspecified atom stereocenters. The van der Waals surface area contributed by atoms with Gasteiger partial charge in [0, 0.05) is 28.1 Å². The summed E-state index contributed by atoms with van der Waals surface area (Å²) in [6.07, 6.45) is 0. The third-order valence-electron chi connectivity index (χ3n) is 4.83. The summed E-state index contributed by atoms with van der Waals surface area (Å²) < 4.78 is 16.4. The van der Waals surface area contributed by atoms with E-state index in [1.807, 2.05) is 37.3 Å². The largest absolute Gasteiger partial charge is 0.489 e. The highest BCUT2D eigenvalue weighted by molar-refractivity contribution is 6.31. The van der Waals surface area contributed by atoms with Crippen molar-refractivity contribution in [3.63, 3.8) is 0 Å². The van der Waals surface area contributed by atoms with Crippen LogP contribution in [-0.2, 0) is 18.0 Å². The molecule has 0 aliphatic carbocycles. The van der Waals surface area contributed by atoms with Crippen molar-refractivity contribution in [2.24, 2.45) is 0 Å². The predicted molar refractivity (Wildman–Crippen MR) is 119 cm³/mol. The Morgan fingerprint density at radius 1 is 0.968 bits per heavy atom. The van der Waals surface area contributed by atoms with E-state index in [2.05, 4.69) is 0 Å². The van der Waals surface area contributed by atoms with Gasteiger partial charge in [0.25, 0.3) is 0 Å². The number of hydrogen-bond donors (Lipinski definition) is 0. The normalized spacial score (nSPS) is 10.8. The molecule has 0 N–H and O–H groups in total. The Morgan fingerprint density at radius 3 is 2.52 bits per heavy atom. The molecule has 0 atom stereocenters. The van der Waals surface area contributed by atoms with Gasteiger partial charge in [-0.2, -0.15) is 0 Å². The van der Waals surface area contributed by atoms with E-state index >= 15 is 0 Å². The quantitative estimate of drug-likeness (QED) is 0.288. The Hall–Kier alpha value is -3.57. The fourth-order valence-corrected chi connectivity index (χ4v) is 3.33. The van der Waals surface area contributed by atoms with Crippen LogP contribution in [0.25, 0.3) is 11.0 Å². The van der Waals surface area contributed by atoms with Crippen LogP contribution >= 0.6 is 11.6 Å². The van der Waals surface area contributed by atoms with E-state index in [1.54, 1.807) is 36.4 Å². The lowest BCUT2D eigenvalue weighted by Gasteiger charge is -2.09. The van der Waals surface area contributed by atoms with Crippen molar-refractivity contribution in [1.82, 2.24) is 0 Å². The molecule has 0 saturated heterocycles. The molecule has 0 fully saturated rings. The number of benzene rings is 3. The minimum absolute atomic E-state index is 0.112. The van der Waals surface area contributed by atoms with Gasteiger partial charge in [-0.05, 0) is 48.4 Å². The number of ether oxygens (including phenoxy) is 2. The highest BCUT2D eigenvalue weighted by atomic mass is 35.5. The van der Waals surface area contributed by atoms with Gasteiger partial charge in [0.15, 0.2) is 0 Å². The number of fused-ring (bicyclic) bond motifs is 1. The Labute approximate surface area is 183 Å². The molecule has 6 heteroatoms. The molecule has 0 amide bonds. The topological polar surface area (TPSA) is 65.7 Å². The number of rotatable bonds is 6. The van der Waals surface area contributed by atoms with Crippen LogP contribution in [0.1, 0.15) is 27.0 Å². The second-order valence-corrected chi connectivity index (χ2v) is 7.47. The molecule has 4 aromatic rings. The summed E-state index contributed by atoms with van der Waals surface area (Å²) >= 11 is 6.08. The van der Waals surface area contributed by atoms with E-state index in [9.17, 15) is 9.59 Å². The van der Waals surface area contributed by atoms with Crippen LogP contribution in [0.4, 0.5) is 0 Å². The van der Waals surface area contributed by atoms with Gasteiger partial charge in [-0.3, -0.25) is 0 Å². The van der Waals surface area contributed by atoms with E-state index in [0.717, 1.165) is 22.1 Å². The number of carbonyl (C=O) groups excluding carboxylic acids is 1. The third kappa shape index (κ3) is 4.95. The average molecular weight is 435 g/mol. The molecule has 0 saturated carbocycles. The first-order valence-electron chi connectivity index (χ1n) is 9.66. The van der Waals surface area contributed by atoms with Gasteiger partial charge in [-0.25, -0.2) is 9.59 Å². The van der Waals surface area contributed by atoms with Gasteiger partial charge in [-0.1, -0.05) is 41.9 Å². The molecule has 0 spiro atoms. The van der Waals surface area contributed by atoms with Crippen LogP contribution in [0.5, 0.6) is 5.75 Å². The molecule has 0 aliphatic rings. The summed E-state index contributed by atoms with van der Waals surface area (Å²) in [5.74, 6) is 0.164. The van der Waals surface area contributed by atoms with Crippen LogP contribution < -0.4 is 10.4 Å². The number of esters is 1. The average Bonchev–Trinajstić information content (AvgIpc) is 2.77. The Bertz CT molecular complexity index is 1290. The summed E-state index contributed by atoms with van der Waals surface area (Å²) in [6.45, 7) is 2.28. The van der Waals surface area contributed by atoms with Gasteiger partial charge in [-0.15, -0.1) is 0 Å². The lowest BCUT2D eigenvalue weighted by Crippen LogP contribution is -2.06. The van der Waals surface area contributed by atoms with Crippen molar-refractivity contribution in [3.8, 4) is 5.75 Å². The van der Waals surface area contributed by atoms with Crippen LogP contribution in [0.15, 0.2) is 82.0 Å².